The van der Waals surface area contributed by atoms with E-state index in [0.29, 0.717) is 10.9 Å². The Balaban J connectivity index is 1.74. The molecule has 3 rings (SSSR count). The van der Waals surface area contributed by atoms with E-state index >= 15 is 0 Å². The number of ether oxygens (including phenoxy) is 1. The number of esters is 1. The molecule has 2 aromatic heterocycles. The van der Waals surface area contributed by atoms with Gasteiger partial charge in [0.1, 0.15) is 5.82 Å². The Morgan fingerprint density at radius 1 is 1.12 bits per heavy atom. The number of para-hydroxylation sites is 1. The van der Waals surface area contributed by atoms with E-state index in [9.17, 15) is 13.2 Å². The molecular weight excluding hydrogens is 346 g/mol. The number of carbonyl (C=O) groups is 1. The van der Waals surface area contributed by atoms with Crippen molar-refractivity contribution in [1.29, 1.82) is 0 Å². The molecule has 4 N–H and O–H groups in total. The van der Waals surface area contributed by atoms with Crippen molar-refractivity contribution in [2.45, 2.75) is 11.6 Å². The van der Waals surface area contributed by atoms with Crippen molar-refractivity contribution < 1.29 is 17.9 Å². The second-order valence-electron chi connectivity index (χ2n) is 5.05. The maximum Gasteiger partial charge on any atom is 0.340 e. The number of aromatic nitrogens is 3. The molecule has 1 aromatic carbocycles. The lowest BCUT2D eigenvalue weighted by molar-refractivity contribution is 0.0462. The molecule has 0 aliphatic heterocycles. The quantitative estimate of drug-likeness (QED) is 0.643. The topological polar surface area (TPSA) is 151 Å². The van der Waals surface area contributed by atoms with Gasteiger partial charge in [-0.2, -0.15) is 0 Å². The van der Waals surface area contributed by atoms with Crippen LogP contribution in [0.2, 0.25) is 0 Å². The smallest absolute Gasteiger partial charge is 0.340 e. The molecule has 0 unspecified atom stereocenters. The summed E-state index contributed by atoms with van der Waals surface area (Å²) in [6.45, 7) is -0.190. The molecule has 3 aromatic rings. The molecule has 9 nitrogen and oxygen atoms in total. The van der Waals surface area contributed by atoms with Crippen molar-refractivity contribution in [1.82, 2.24) is 15.0 Å². The van der Waals surface area contributed by atoms with Gasteiger partial charge in [0.15, 0.2) is 17.5 Å². The standard InChI is InChI=1S/C15H13N5O4S/c16-14-10-3-1-2-4-11(10)19-12(20-14)8-24-15(21)9-5-6-13(18-7-9)25(17,22)23/h1-7H,8H2,(H2,16,19,20)(H2,17,22,23). The van der Waals surface area contributed by atoms with Gasteiger partial charge in [-0.3, -0.25) is 0 Å². The summed E-state index contributed by atoms with van der Waals surface area (Å²) < 4.78 is 27.4. The lowest BCUT2D eigenvalue weighted by Gasteiger charge is -2.07. The Hall–Kier alpha value is -3.11. The number of rotatable bonds is 4. The van der Waals surface area contributed by atoms with Gasteiger partial charge in [0.2, 0.25) is 0 Å². The molecule has 0 spiro atoms. The zero-order valence-corrected chi connectivity index (χ0v) is 13.6. The summed E-state index contributed by atoms with van der Waals surface area (Å²) in [7, 11) is -3.92. The van der Waals surface area contributed by atoms with Gasteiger partial charge in [-0.15, -0.1) is 0 Å². The second-order valence-corrected chi connectivity index (χ2v) is 6.56. The minimum Gasteiger partial charge on any atom is -0.454 e. The van der Waals surface area contributed by atoms with Gasteiger partial charge in [0.25, 0.3) is 10.0 Å². The highest BCUT2D eigenvalue weighted by Crippen LogP contribution is 2.17. The molecule has 0 amide bonds. The summed E-state index contributed by atoms with van der Waals surface area (Å²) in [4.78, 5) is 24.0. The lowest BCUT2D eigenvalue weighted by Crippen LogP contribution is -2.15. The summed E-state index contributed by atoms with van der Waals surface area (Å²) in [5.41, 5.74) is 6.57. The molecule has 0 fully saturated rings. The number of fused-ring (bicyclic) bond motifs is 1. The van der Waals surface area contributed by atoms with Gasteiger partial charge >= 0.3 is 5.97 Å². The minimum atomic E-state index is -3.92. The number of benzene rings is 1. The average Bonchev–Trinajstić information content (AvgIpc) is 2.59. The van der Waals surface area contributed by atoms with Crippen molar-refractivity contribution in [2.24, 2.45) is 5.14 Å². The van der Waals surface area contributed by atoms with Crippen LogP contribution in [-0.2, 0) is 21.4 Å². The third kappa shape index (κ3) is 3.70. The van der Waals surface area contributed by atoms with E-state index in [2.05, 4.69) is 15.0 Å². The van der Waals surface area contributed by atoms with Gasteiger partial charge in [0.05, 0.1) is 11.1 Å². The first kappa shape index (κ1) is 16.7. The van der Waals surface area contributed by atoms with E-state index in [0.717, 1.165) is 12.3 Å². The average molecular weight is 359 g/mol. The highest BCUT2D eigenvalue weighted by molar-refractivity contribution is 7.89. The summed E-state index contributed by atoms with van der Waals surface area (Å²) >= 11 is 0. The van der Waals surface area contributed by atoms with Crippen LogP contribution in [-0.4, -0.2) is 29.3 Å². The normalized spacial score (nSPS) is 11.4. The van der Waals surface area contributed by atoms with Gasteiger partial charge < -0.3 is 10.5 Å². The number of primary sulfonamides is 1. The molecule has 10 heteroatoms. The largest absolute Gasteiger partial charge is 0.454 e. The molecule has 0 saturated carbocycles. The van der Waals surface area contributed by atoms with E-state index in [1.54, 1.807) is 12.1 Å². The third-order valence-electron chi connectivity index (χ3n) is 3.27. The van der Waals surface area contributed by atoms with Crippen LogP contribution < -0.4 is 10.9 Å². The van der Waals surface area contributed by atoms with E-state index in [-0.39, 0.29) is 28.8 Å². The number of pyridine rings is 1. The number of carbonyl (C=O) groups excluding carboxylic acids is 1. The van der Waals surface area contributed by atoms with Crippen molar-refractivity contribution in [3.05, 3.63) is 54.0 Å². The summed E-state index contributed by atoms with van der Waals surface area (Å²) in [6, 6.07) is 9.57. The molecule has 0 saturated heterocycles. The molecule has 0 aliphatic carbocycles. The molecular formula is C15H13N5O4S. The monoisotopic (exact) mass is 359 g/mol. The van der Waals surface area contributed by atoms with Gasteiger partial charge in [0, 0.05) is 11.6 Å². The Morgan fingerprint density at radius 3 is 2.56 bits per heavy atom. The number of nitrogens with zero attached hydrogens (tertiary/aromatic N) is 3. The van der Waals surface area contributed by atoms with E-state index in [1.807, 2.05) is 12.1 Å². The van der Waals surface area contributed by atoms with Gasteiger partial charge in [-0.25, -0.2) is 33.3 Å². The molecule has 0 aliphatic rings. The molecule has 2 heterocycles. The Labute approximate surface area is 142 Å². The van der Waals surface area contributed by atoms with Crippen LogP contribution in [0.4, 0.5) is 5.82 Å². The van der Waals surface area contributed by atoms with Crippen molar-refractivity contribution in [3.63, 3.8) is 0 Å². The minimum absolute atomic E-state index is 0.0705. The van der Waals surface area contributed by atoms with Crippen molar-refractivity contribution in [2.75, 3.05) is 5.73 Å². The maximum absolute atomic E-state index is 12.0. The van der Waals surface area contributed by atoms with Crippen LogP contribution in [0.25, 0.3) is 10.9 Å². The maximum atomic E-state index is 12.0. The van der Waals surface area contributed by atoms with E-state index in [1.165, 1.54) is 6.07 Å². The predicted octanol–water partition coefficient (Wildman–Crippen LogP) is 0.611. The highest BCUT2D eigenvalue weighted by Gasteiger charge is 2.14. The van der Waals surface area contributed by atoms with Crippen LogP contribution in [0.5, 0.6) is 0 Å². The number of nitrogen functional groups attached to an aromatic ring is 1. The fraction of sp³-hybridized carbons (Fsp3) is 0.0667. The molecule has 25 heavy (non-hydrogen) atoms. The SMILES string of the molecule is Nc1nc(COC(=O)c2ccc(S(N)(=O)=O)nc2)nc2ccccc12. The lowest BCUT2D eigenvalue weighted by atomic mass is 10.2. The Bertz CT molecular complexity index is 1050. The number of nitrogens with two attached hydrogens (primary N) is 2. The first-order valence-corrected chi connectivity index (χ1v) is 8.56. The van der Waals surface area contributed by atoms with E-state index < -0.39 is 16.0 Å². The molecule has 0 atom stereocenters. The predicted molar refractivity (Wildman–Crippen MR) is 88.7 cm³/mol. The zero-order chi connectivity index (χ0) is 18.0. The van der Waals surface area contributed by atoms with Crippen molar-refractivity contribution >= 4 is 32.7 Å². The van der Waals surface area contributed by atoms with Crippen LogP contribution in [0.1, 0.15) is 16.2 Å². The second kappa shape index (κ2) is 6.42. The van der Waals surface area contributed by atoms with Crippen molar-refractivity contribution in [3.8, 4) is 0 Å². The fourth-order valence-electron chi connectivity index (χ4n) is 2.10. The van der Waals surface area contributed by atoms with Gasteiger partial charge in [-0.1, -0.05) is 12.1 Å². The van der Waals surface area contributed by atoms with Crippen LogP contribution >= 0.6 is 0 Å². The highest BCUT2D eigenvalue weighted by atomic mass is 32.2. The van der Waals surface area contributed by atoms with Crippen LogP contribution in [0.15, 0.2) is 47.6 Å². The Kier molecular flexibility index (Phi) is 4.30. The number of anilines is 1. The molecule has 0 radical (unpaired) electrons. The summed E-state index contributed by atoms with van der Waals surface area (Å²) in [5, 5.41) is 5.31. The first-order chi connectivity index (χ1) is 11.8. The number of hydrogen-bond donors (Lipinski definition) is 2. The zero-order valence-electron chi connectivity index (χ0n) is 12.8. The fourth-order valence-corrected chi connectivity index (χ4v) is 2.56. The number of hydrogen-bond acceptors (Lipinski definition) is 8. The van der Waals surface area contributed by atoms with Gasteiger partial charge in [-0.05, 0) is 24.3 Å². The third-order valence-corrected chi connectivity index (χ3v) is 4.10. The summed E-state index contributed by atoms with van der Waals surface area (Å²) in [6.07, 6.45) is 1.07. The first-order valence-electron chi connectivity index (χ1n) is 7.02. The number of sulfonamides is 1. The summed E-state index contributed by atoms with van der Waals surface area (Å²) in [5.74, 6) is -0.168. The molecule has 128 valence electrons. The Morgan fingerprint density at radius 2 is 1.88 bits per heavy atom. The van der Waals surface area contributed by atoms with E-state index in [4.69, 9.17) is 15.6 Å². The van der Waals surface area contributed by atoms with Crippen LogP contribution in [0, 0.1) is 0 Å². The van der Waals surface area contributed by atoms with Crippen LogP contribution in [0.3, 0.4) is 0 Å². The molecule has 0 bridgehead atoms.